The Hall–Kier alpha value is -10.1. The molecule has 0 radical (unpaired) electrons. The molecule has 1 fully saturated rings. The molecule has 7 amide bonds. The summed E-state index contributed by atoms with van der Waals surface area (Å²) in [5.41, 5.74) is 15.1. The number of carbonyl (C=O) groups is 9. The molecule has 3 unspecified atom stereocenters. The van der Waals surface area contributed by atoms with Gasteiger partial charge in [-0.1, -0.05) is 149 Å². The fourth-order valence-electron chi connectivity index (χ4n) is 11.4. The van der Waals surface area contributed by atoms with Gasteiger partial charge < -0.3 is 89.4 Å². The van der Waals surface area contributed by atoms with Crippen LogP contribution in [0.5, 0.6) is 11.5 Å². The lowest BCUT2D eigenvalue weighted by Crippen LogP contribution is -2.62. The normalized spacial score (nSPS) is 19.4. The zero-order valence-corrected chi connectivity index (χ0v) is 56.4. The molecular formula is C72H82N10O16S2. The number of carboxylic acid groups (broad SMARTS) is 2. The number of amides is 7. The van der Waals surface area contributed by atoms with Crippen LogP contribution in [0.25, 0.3) is 32.4 Å². The summed E-state index contributed by atoms with van der Waals surface area (Å²) in [6.07, 6.45) is -0.197. The largest absolute Gasteiger partial charge is 0.507 e. The number of rotatable bonds is 21. The van der Waals surface area contributed by atoms with Crippen molar-refractivity contribution in [3.63, 3.8) is 0 Å². The summed E-state index contributed by atoms with van der Waals surface area (Å²) >= 11 is 0. The second-order valence-electron chi connectivity index (χ2n) is 24.2. The van der Waals surface area contributed by atoms with E-state index < -0.39 is 132 Å². The molecule has 1 saturated heterocycles. The highest BCUT2D eigenvalue weighted by atomic mass is 33.1. The van der Waals surface area contributed by atoms with Crippen molar-refractivity contribution in [1.29, 1.82) is 0 Å². The quantitative estimate of drug-likeness (QED) is 0.0361. The van der Waals surface area contributed by atoms with E-state index in [2.05, 4.69) is 42.2 Å². The highest BCUT2D eigenvalue weighted by molar-refractivity contribution is 8.76. The SMILES string of the molecule is C[C@@H](O)[C@@H]1NC(=O)C(CCCCN)NC(=O)C(Cc2c[nH]c3ccccc23)NC(=O)[C@H](Cc2ccccc2)NC(=O)C(NC(=O)[C@H](N)Cc2ccccc2)CSSC[C@@H](C(=O)N[C@H](CO)[C@@H](C)O)NC1=O.O=C(O)c1cc2ccccc2c(Cc2c(O)c(C(=O)O)cc3ccccc23)c1O. The number of para-hydroxylation sites is 1. The van der Waals surface area contributed by atoms with Crippen molar-refractivity contribution in [2.45, 2.75) is 119 Å². The molecule has 2 heterocycles. The number of nitrogens with one attached hydrogen (secondary N) is 8. The van der Waals surface area contributed by atoms with Crippen molar-refractivity contribution < 1.29 is 78.9 Å². The molecule has 7 aromatic carbocycles. The zero-order valence-electron chi connectivity index (χ0n) is 54.8. The topological polar surface area (TPSA) is 447 Å². The molecule has 0 bridgehead atoms. The number of carbonyl (C=O) groups excluding carboxylic acids is 7. The van der Waals surface area contributed by atoms with Crippen LogP contribution in [0.1, 0.15) is 81.6 Å². The average Bonchev–Trinajstić information content (AvgIpc) is 0.880. The Morgan fingerprint density at radius 1 is 0.600 bits per heavy atom. The van der Waals surface area contributed by atoms with Gasteiger partial charge >= 0.3 is 11.9 Å². The molecule has 0 aliphatic carbocycles. The number of aliphatic hydroxyl groups is 3. The fourth-order valence-corrected chi connectivity index (χ4v) is 13.7. The lowest BCUT2D eigenvalue weighted by molar-refractivity contribution is -0.136. The van der Waals surface area contributed by atoms with Crippen molar-refractivity contribution in [1.82, 2.24) is 42.2 Å². The summed E-state index contributed by atoms with van der Waals surface area (Å²) in [6, 6.07) is 31.4. The maximum absolute atomic E-state index is 14.7. The maximum atomic E-state index is 14.7. The minimum Gasteiger partial charge on any atom is -0.507 e. The molecule has 0 spiro atoms. The number of benzene rings is 7. The number of unbranched alkanes of at least 4 members (excludes halogenated alkanes) is 1. The van der Waals surface area contributed by atoms with Gasteiger partial charge in [0.25, 0.3) is 0 Å². The number of aliphatic hydroxyl groups excluding tert-OH is 3. The number of H-pyrrole nitrogens is 1. The standard InChI is InChI=1S/C49H66N10O10S2.C23H16O6/c1-28(61)39(25-60)56-48(68)41-27-71-70-26-40(57-43(63)34(51)21-30-13-5-3-6-14-30)47(67)54-37(22-31-15-7-4-8-16-31)45(65)55-38(23-32-24-52-35-18-10-9-17-33(32)35)46(66)53-36(19-11-12-20-50)44(64)59-42(29(2)62)49(69)58-41;24-20-16(14-7-3-1-5-12(14)9-18(20)22(26)27)11-17-15-8-4-2-6-13(15)10-19(21(17)25)23(28)29/h3-10,13-18,24,28-29,34,36-42,52,60-62H,11-12,19-23,25-27,50-51H2,1-2H3,(H,53,66)(H,54,67)(H,55,65)(H,56,68)(H,57,63)(H,58,69)(H,59,64);1-10,24-25H,11H2,(H,26,27)(H,28,29)/t28-,29-,34-,36?,37+,38?,39-,40?,41+,42+;/m1./s1. The van der Waals surface area contributed by atoms with Gasteiger partial charge in [-0.25, -0.2) is 9.59 Å². The van der Waals surface area contributed by atoms with Gasteiger partial charge in [-0.15, -0.1) is 0 Å². The maximum Gasteiger partial charge on any atom is 0.339 e. The van der Waals surface area contributed by atoms with Crippen molar-refractivity contribution in [3.05, 3.63) is 191 Å². The Labute approximate surface area is 583 Å². The van der Waals surface area contributed by atoms with Gasteiger partial charge in [0.15, 0.2) is 0 Å². The third-order valence-corrected chi connectivity index (χ3v) is 19.3. The highest BCUT2D eigenvalue weighted by Crippen LogP contribution is 2.39. The number of hydrogen-bond acceptors (Lipinski definition) is 18. The van der Waals surface area contributed by atoms with Gasteiger partial charge in [-0.05, 0) is 103 Å². The molecule has 1 aliphatic rings. The molecule has 26 nitrogen and oxygen atoms in total. The number of carboxylic acids is 2. The van der Waals surface area contributed by atoms with Crippen LogP contribution in [-0.4, -0.2) is 179 Å². The molecule has 1 aliphatic heterocycles. The Kier molecular flexibility index (Phi) is 27.4. The van der Waals surface area contributed by atoms with Gasteiger partial charge in [0, 0.05) is 59.0 Å². The van der Waals surface area contributed by atoms with Crippen molar-refractivity contribution >= 4 is 107 Å². The smallest absolute Gasteiger partial charge is 0.339 e. The third-order valence-electron chi connectivity index (χ3n) is 16.9. The van der Waals surface area contributed by atoms with E-state index in [1.54, 1.807) is 109 Å². The first-order valence-corrected chi connectivity index (χ1v) is 34.8. The van der Waals surface area contributed by atoms with E-state index in [4.69, 9.17) is 11.5 Å². The van der Waals surface area contributed by atoms with E-state index >= 15 is 0 Å². The predicted octanol–water partition coefficient (Wildman–Crippen LogP) is 3.59. The first-order valence-electron chi connectivity index (χ1n) is 32.3. The number of phenols is 2. The second kappa shape index (κ2) is 36.1. The summed E-state index contributed by atoms with van der Waals surface area (Å²) in [7, 11) is 2.06. The van der Waals surface area contributed by atoms with E-state index in [0.29, 0.717) is 56.6 Å². The van der Waals surface area contributed by atoms with Gasteiger partial charge in [-0.2, -0.15) is 0 Å². The van der Waals surface area contributed by atoms with E-state index in [1.165, 1.54) is 26.0 Å². The van der Waals surface area contributed by atoms with Crippen LogP contribution < -0.4 is 48.7 Å². The third kappa shape index (κ3) is 20.1. The fraction of sp³-hybridized carbons (Fsp3) is 0.319. The molecule has 28 heteroatoms. The van der Waals surface area contributed by atoms with Crippen molar-refractivity contribution in [2.24, 2.45) is 11.5 Å². The number of hydrogen-bond donors (Lipinski definition) is 17. The van der Waals surface area contributed by atoms with Crippen LogP contribution in [0.15, 0.2) is 152 Å². The molecule has 19 N–H and O–H groups in total. The molecule has 100 heavy (non-hydrogen) atoms. The van der Waals surface area contributed by atoms with E-state index in [-0.39, 0.29) is 61.3 Å². The minimum absolute atomic E-state index is 0.0340. The summed E-state index contributed by atoms with van der Waals surface area (Å²) in [4.78, 5) is 126. The lowest BCUT2D eigenvalue weighted by atomic mass is 9.90. The number of aromatic amines is 1. The molecule has 1 aromatic heterocycles. The predicted molar refractivity (Wildman–Crippen MR) is 380 cm³/mol. The summed E-state index contributed by atoms with van der Waals surface area (Å²) < 4.78 is 0. The number of fused-ring (bicyclic) bond motifs is 3. The van der Waals surface area contributed by atoms with E-state index in [0.717, 1.165) is 38.1 Å². The molecule has 9 rings (SSSR count). The first-order chi connectivity index (χ1) is 48.0. The first kappa shape index (κ1) is 75.7. The van der Waals surface area contributed by atoms with Crippen LogP contribution in [0.2, 0.25) is 0 Å². The summed E-state index contributed by atoms with van der Waals surface area (Å²) in [6.45, 7) is 2.23. The zero-order chi connectivity index (χ0) is 72.2. The number of aromatic nitrogens is 1. The number of aromatic hydroxyl groups is 2. The van der Waals surface area contributed by atoms with Gasteiger partial charge in [0.2, 0.25) is 41.4 Å². The average molecular weight is 1410 g/mol. The Morgan fingerprint density at radius 2 is 1.11 bits per heavy atom. The van der Waals surface area contributed by atoms with Crippen LogP contribution >= 0.6 is 21.6 Å². The number of nitrogens with two attached hydrogens (primary N) is 2. The molecule has 10 atom stereocenters. The highest BCUT2D eigenvalue weighted by Gasteiger charge is 2.37. The Bertz CT molecular complexity index is 4120. The Morgan fingerprint density at radius 3 is 1.67 bits per heavy atom. The second-order valence-corrected chi connectivity index (χ2v) is 26.8. The van der Waals surface area contributed by atoms with Crippen molar-refractivity contribution in [3.8, 4) is 11.5 Å². The minimum atomic E-state index is -1.66. The molecular weight excluding hydrogens is 1320 g/mol. The summed E-state index contributed by atoms with van der Waals surface area (Å²) in [5, 5.41) is 93.3. The number of aromatic carboxylic acids is 2. The van der Waals surface area contributed by atoms with Crippen LogP contribution in [0, 0.1) is 0 Å². The Balaban J connectivity index is 0.000000361. The molecule has 8 aromatic rings. The van der Waals surface area contributed by atoms with E-state index in [9.17, 15) is 78.9 Å². The van der Waals surface area contributed by atoms with E-state index in [1.807, 2.05) is 30.3 Å². The van der Waals surface area contributed by atoms with Gasteiger partial charge in [0.1, 0.15) is 58.9 Å². The van der Waals surface area contributed by atoms with Crippen LogP contribution in [0.4, 0.5) is 0 Å². The van der Waals surface area contributed by atoms with Crippen molar-refractivity contribution in [2.75, 3.05) is 24.7 Å². The monoisotopic (exact) mass is 1410 g/mol. The van der Waals surface area contributed by atoms with Crippen LogP contribution in [-0.2, 0) is 59.2 Å². The molecule has 528 valence electrons. The van der Waals surface area contributed by atoms with Gasteiger partial charge in [-0.3, -0.25) is 33.6 Å². The van der Waals surface area contributed by atoms with Gasteiger partial charge in [0.05, 0.1) is 30.9 Å². The van der Waals surface area contributed by atoms with Crippen LogP contribution in [0.3, 0.4) is 0 Å². The lowest BCUT2D eigenvalue weighted by Gasteiger charge is -2.29. The summed E-state index contributed by atoms with van der Waals surface area (Å²) in [5.74, 6) is -9.36. The molecule has 0 saturated carbocycles.